The van der Waals surface area contributed by atoms with Crippen LogP contribution < -0.4 is 5.32 Å². The number of pyridine rings is 1. The van der Waals surface area contributed by atoms with Gasteiger partial charge < -0.3 is 14.8 Å². The highest BCUT2D eigenvalue weighted by atomic mass is 19.1. The molecule has 2 atom stereocenters. The van der Waals surface area contributed by atoms with Gasteiger partial charge in [0.2, 0.25) is 0 Å². The van der Waals surface area contributed by atoms with Crippen molar-refractivity contribution in [3.05, 3.63) is 60.2 Å². The standard InChI is InChI=1S/C21H26FN3O2/c22-19-2-1-3-20(10-19)24-12-18-11-21(27-14-18)15-25(8-9-26-16-21)13-17-4-6-23-7-5-17/h1-7,10,18,24H,8-9,11-16H2/t18-,21+/m0/s1. The van der Waals surface area contributed by atoms with Crippen LogP contribution in [0.3, 0.4) is 0 Å². The molecule has 1 N–H and O–H groups in total. The van der Waals surface area contributed by atoms with Gasteiger partial charge in [-0.05, 0) is 42.3 Å². The second-order valence-electron chi connectivity index (χ2n) is 7.57. The first-order valence-electron chi connectivity index (χ1n) is 9.53. The number of aromatic nitrogens is 1. The van der Waals surface area contributed by atoms with E-state index in [1.54, 1.807) is 6.07 Å². The van der Waals surface area contributed by atoms with Crippen molar-refractivity contribution in [3.63, 3.8) is 0 Å². The average Bonchev–Trinajstić information content (AvgIpc) is 2.96. The van der Waals surface area contributed by atoms with E-state index >= 15 is 0 Å². The minimum atomic E-state index is -0.252. The Bertz CT molecular complexity index is 745. The highest BCUT2D eigenvalue weighted by Crippen LogP contribution is 2.33. The van der Waals surface area contributed by atoms with Crippen LogP contribution in [0.2, 0.25) is 0 Å². The summed E-state index contributed by atoms with van der Waals surface area (Å²) >= 11 is 0. The SMILES string of the molecule is Fc1cccc(NC[C@H]2CO[C@]3(COCCN(Cc4ccncc4)C3)C2)c1. The Balaban J connectivity index is 1.34. The maximum absolute atomic E-state index is 13.3. The third-order valence-electron chi connectivity index (χ3n) is 5.29. The van der Waals surface area contributed by atoms with Crippen LogP contribution in [-0.4, -0.2) is 54.9 Å². The van der Waals surface area contributed by atoms with E-state index in [9.17, 15) is 4.39 Å². The number of nitrogens with zero attached hydrogens (tertiary/aromatic N) is 2. The maximum Gasteiger partial charge on any atom is 0.125 e. The van der Waals surface area contributed by atoms with Crippen molar-refractivity contribution < 1.29 is 13.9 Å². The van der Waals surface area contributed by atoms with Crippen LogP contribution in [0.25, 0.3) is 0 Å². The minimum absolute atomic E-state index is 0.219. The third-order valence-corrected chi connectivity index (χ3v) is 5.29. The van der Waals surface area contributed by atoms with Crippen LogP contribution in [-0.2, 0) is 16.0 Å². The predicted molar refractivity (Wildman–Crippen MR) is 102 cm³/mol. The van der Waals surface area contributed by atoms with Crippen molar-refractivity contribution in [2.24, 2.45) is 5.92 Å². The van der Waals surface area contributed by atoms with Gasteiger partial charge in [-0.3, -0.25) is 9.88 Å². The number of hydrogen-bond acceptors (Lipinski definition) is 5. The molecule has 2 aliphatic rings. The van der Waals surface area contributed by atoms with E-state index in [2.05, 4.69) is 27.3 Å². The van der Waals surface area contributed by atoms with Gasteiger partial charge >= 0.3 is 0 Å². The molecule has 3 heterocycles. The Labute approximate surface area is 159 Å². The molecular weight excluding hydrogens is 345 g/mol. The van der Waals surface area contributed by atoms with E-state index in [0.717, 1.165) is 44.9 Å². The Hall–Kier alpha value is -2.02. The molecule has 6 heteroatoms. The zero-order chi connectivity index (χ0) is 18.5. The quantitative estimate of drug-likeness (QED) is 0.876. The number of rotatable bonds is 5. The largest absolute Gasteiger partial charge is 0.385 e. The first-order valence-corrected chi connectivity index (χ1v) is 9.53. The van der Waals surface area contributed by atoms with Crippen LogP contribution in [0.15, 0.2) is 48.8 Å². The molecule has 144 valence electrons. The summed E-state index contributed by atoms with van der Waals surface area (Å²) < 4.78 is 25.5. The van der Waals surface area contributed by atoms with Crippen LogP contribution in [0.4, 0.5) is 10.1 Å². The highest BCUT2D eigenvalue weighted by Gasteiger charge is 2.43. The number of hydrogen-bond donors (Lipinski definition) is 1. The number of nitrogens with one attached hydrogen (secondary N) is 1. The normalized spacial score (nSPS) is 26.2. The van der Waals surface area contributed by atoms with Gasteiger partial charge in [0, 0.05) is 50.2 Å². The summed E-state index contributed by atoms with van der Waals surface area (Å²) in [6, 6.07) is 10.7. The molecule has 27 heavy (non-hydrogen) atoms. The Morgan fingerprint density at radius 1 is 1.26 bits per heavy atom. The minimum Gasteiger partial charge on any atom is -0.385 e. The van der Waals surface area contributed by atoms with Gasteiger partial charge in [0.15, 0.2) is 0 Å². The van der Waals surface area contributed by atoms with E-state index in [4.69, 9.17) is 9.47 Å². The van der Waals surface area contributed by atoms with Gasteiger partial charge in [-0.2, -0.15) is 0 Å². The van der Waals surface area contributed by atoms with Crippen molar-refractivity contribution >= 4 is 5.69 Å². The second kappa shape index (κ2) is 8.33. The zero-order valence-corrected chi connectivity index (χ0v) is 15.4. The summed E-state index contributed by atoms with van der Waals surface area (Å²) in [4.78, 5) is 6.50. The lowest BCUT2D eigenvalue weighted by Crippen LogP contribution is -2.43. The molecule has 4 rings (SSSR count). The van der Waals surface area contributed by atoms with E-state index in [1.165, 1.54) is 17.7 Å². The average molecular weight is 371 g/mol. The van der Waals surface area contributed by atoms with Crippen LogP contribution in [0, 0.1) is 11.7 Å². The lowest BCUT2D eigenvalue weighted by molar-refractivity contribution is -0.0562. The summed E-state index contributed by atoms with van der Waals surface area (Å²) in [6.45, 7) is 5.48. The smallest absolute Gasteiger partial charge is 0.125 e. The summed E-state index contributed by atoms with van der Waals surface area (Å²) in [5.74, 6) is 0.167. The monoisotopic (exact) mass is 371 g/mol. The number of ether oxygens (including phenoxy) is 2. The molecule has 1 aromatic carbocycles. The molecule has 1 aromatic heterocycles. The molecule has 0 radical (unpaired) electrons. The first-order chi connectivity index (χ1) is 13.2. The van der Waals surface area contributed by atoms with Gasteiger partial charge in [0.25, 0.3) is 0 Å². The van der Waals surface area contributed by atoms with Gasteiger partial charge in [0.1, 0.15) is 11.4 Å². The van der Waals surface area contributed by atoms with E-state index in [-0.39, 0.29) is 11.4 Å². The summed E-state index contributed by atoms with van der Waals surface area (Å²) in [7, 11) is 0. The molecular formula is C21H26FN3O2. The predicted octanol–water partition coefficient (Wildman–Crippen LogP) is 2.94. The molecule has 1 spiro atoms. The molecule has 0 amide bonds. The fraction of sp³-hybridized carbons (Fsp3) is 0.476. The molecule has 0 aliphatic carbocycles. The maximum atomic E-state index is 13.3. The number of benzene rings is 1. The molecule has 2 aromatic rings. The van der Waals surface area contributed by atoms with Crippen molar-refractivity contribution in [3.8, 4) is 0 Å². The van der Waals surface area contributed by atoms with E-state index in [0.29, 0.717) is 19.1 Å². The van der Waals surface area contributed by atoms with E-state index in [1.807, 2.05) is 18.5 Å². The molecule has 0 bridgehead atoms. The fourth-order valence-electron chi connectivity index (χ4n) is 4.01. The zero-order valence-electron chi connectivity index (χ0n) is 15.4. The highest BCUT2D eigenvalue weighted by molar-refractivity contribution is 5.43. The van der Waals surface area contributed by atoms with Crippen molar-refractivity contribution in [2.75, 3.05) is 44.8 Å². The van der Waals surface area contributed by atoms with Gasteiger partial charge in [-0.15, -0.1) is 0 Å². The Morgan fingerprint density at radius 3 is 3.00 bits per heavy atom. The van der Waals surface area contributed by atoms with Gasteiger partial charge in [-0.1, -0.05) is 6.07 Å². The molecule has 0 unspecified atom stereocenters. The molecule has 5 nitrogen and oxygen atoms in total. The lowest BCUT2D eigenvalue weighted by atomic mass is 9.94. The van der Waals surface area contributed by atoms with Crippen LogP contribution >= 0.6 is 0 Å². The van der Waals surface area contributed by atoms with Crippen molar-refractivity contribution in [2.45, 2.75) is 18.6 Å². The summed E-state index contributed by atoms with van der Waals surface area (Å²) in [5, 5.41) is 3.33. The lowest BCUT2D eigenvalue weighted by Gasteiger charge is -2.31. The fourth-order valence-corrected chi connectivity index (χ4v) is 4.01. The van der Waals surface area contributed by atoms with Crippen LogP contribution in [0.1, 0.15) is 12.0 Å². The topological polar surface area (TPSA) is 46.6 Å². The van der Waals surface area contributed by atoms with Crippen LogP contribution in [0.5, 0.6) is 0 Å². The number of halogens is 1. The van der Waals surface area contributed by atoms with Gasteiger partial charge in [0.05, 0.1) is 19.8 Å². The van der Waals surface area contributed by atoms with Gasteiger partial charge in [-0.25, -0.2) is 4.39 Å². The number of anilines is 1. The second-order valence-corrected chi connectivity index (χ2v) is 7.57. The van der Waals surface area contributed by atoms with Crippen molar-refractivity contribution in [1.82, 2.24) is 9.88 Å². The Kier molecular flexibility index (Phi) is 5.66. The molecule has 0 saturated carbocycles. The molecule has 2 aliphatic heterocycles. The van der Waals surface area contributed by atoms with Crippen molar-refractivity contribution in [1.29, 1.82) is 0 Å². The summed E-state index contributed by atoms with van der Waals surface area (Å²) in [5.41, 5.74) is 1.81. The third kappa shape index (κ3) is 4.83. The molecule has 2 saturated heterocycles. The first kappa shape index (κ1) is 18.3. The Morgan fingerprint density at radius 2 is 2.15 bits per heavy atom. The molecule has 2 fully saturated rings. The summed E-state index contributed by atoms with van der Waals surface area (Å²) in [6.07, 6.45) is 4.61. The van der Waals surface area contributed by atoms with E-state index < -0.39 is 0 Å².